The van der Waals surface area contributed by atoms with Crippen molar-refractivity contribution < 1.29 is 13.9 Å². The van der Waals surface area contributed by atoms with Crippen LogP contribution in [-0.2, 0) is 24.4 Å². The maximum absolute atomic E-state index is 12.8. The zero-order valence-corrected chi connectivity index (χ0v) is 10.9. The van der Waals surface area contributed by atoms with E-state index in [4.69, 9.17) is 4.74 Å². The van der Waals surface area contributed by atoms with E-state index in [1.54, 1.807) is 12.1 Å². The molecule has 1 N–H and O–H groups in total. The minimum absolute atomic E-state index is 0.0354. The lowest BCUT2D eigenvalue weighted by Gasteiger charge is -2.17. The van der Waals surface area contributed by atoms with Gasteiger partial charge in [0.25, 0.3) is 0 Å². The highest BCUT2D eigenvalue weighted by molar-refractivity contribution is 5.80. The Hall–Kier alpha value is -2.36. The van der Waals surface area contributed by atoms with Gasteiger partial charge in [0.1, 0.15) is 18.2 Å². The molecule has 1 aliphatic heterocycles. The van der Waals surface area contributed by atoms with Crippen LogP contribution in [0.25, 0.3) is 0 Å². The van der Waals surface area contributed by atoms with E-state index in [0.717, 1.165) is 22.4 Å². The SMILES string of the molecule is O=C1Cc2cc(OCc3ccc(F)cc3)ccc2CN1. The Morgan fingerprint density at radius 1 is 1.10 bits per heavy atom. The highest BCUT2D eigenvalue weighted by Gasteiger charge is 2.15. The van der Waals surface area contributed by atoms with Gasteiger partial charge in [-0.1, -0.05) is 18.2 Å². The van der Waals surface area contributed by atoms with E-state index in [9.17, 15) is 9.18 Å². The third kappa shape index (κ3) is 2.79. The van der Waals surface area contributed by atoms with Gasteiger partial charge in [0.2, 0.25) is 5.91 Å². The van der Waals surface area contributed by atoms with Crippen molar-refractivity contribution in [1.29, 1.82) is 0 Å². The van der Waals surface area contributed by atoms with Crippen LogP contribution < -0.4 is 10.1 Å². The van der Waals surface area contributed by atoms with Crippen molar-refractivity contribution in [3.8, 4) is 5.75 Å². The summed E-state index contributed by atoms with van der Waals surface area (Å²) in [6, 6.07) is 12.0. The third-order valence-corrected chi connectivity index (χ3v) is 3.32. The molecular weight excluding hydrogens is 257 g/mol. The normalized spacial score (nSPS) is 13.6. The number of halogens is 1. The molecule has 4 heteroatoms. The van der Waals surface area contributed by atoms with E-state index in [0.29, 0.717) is 19.6 Å². The zero-order chi connectivity index (χ0) is 13.9. The zero-order valence-electron chi connectivity index (χ0n) is 10.9. The van der Waals surface area contributed by atoms with Gasteiger partial charge < -0.3 is 10.1 Å². The Labute approximate surface area is 116 Å². The lowest BCUT2D eigenvalue weighted by Crippen LogP contribution is -2.30. The molecule has 1 aliphatic rings. The summed E-state index contributed by atoms with van der Waals surface area (Å²) in [7, 11) is 0. The number of benzene rings is 2. The van der Waals surface area contributed by atoms with E-state index in [1.165, 1.54) is 12.1 Å². The van der Waals surface area contributed by atoms with E-state index in [2.05, 4.69) is 5.32 Å². The Kier molecular flexibility index (Phi) is 3.37. The molecule has 0 saturated carbocycles. The summed E-state index contributed by atoms with van der Waals surface area (Å²) in [5, 5.41) is 2.81. The summed E-state index contributed by atoms with van der Waals surface area (Å²) in [6.45, 7) is 0.956. The number of hydrogen-bond donors (Lipinski definition) is 1. The number of carbonyl (C=O) groups excluding carboxylic acids is 1. The molecule has 0 aromatic heterocycles. The molecule has 0 fully saturated rings. The molecule has 0 unspecified atom stereocenters. The van der Waals surface area contributed by atoms with Crippen molar-refractivity contribution in [3.05, 3.63) is 65.0 Å². The third-order valence-electron chi connectivity index (χ3n) is 3.32. The van der Waals surface area contributed by atoms with E-state index in [1.807, 2.05) is 18.2 Å². The van der Waals surface area contributed by atoms with Crippen LogP contribution in [0.1, 0.15) is 16.7 Å². The average Bonchev–Trinajstić information content (AvgIpc) is 2.46. The second-order valence-corrected chi connectivity index (χ2v) is 4.80. The van der Waals surface area contributed by atoms with E-state index in [-0.39, 0.29) is 11.7 Å². The first-order valence-electron chi connectivity index (χ1n) is 6.46. The summed E-state index contributed by atoms with van der Waals surface area (Å²) in [5.41, 5.74) is 3.03. The molecule has 0 saturated heterocycles. The molecule has 0 bridgehead atoms. The van der Waals surface area contributed by atoms with Crippen LogP contribution in [0.4, 0.5) is 4.39 Å². The molecule has 1 amide bonds. The van der Waals surface area contributed by atoms with Gasteiger partial charge in [-0.3, -0.25) is 4.79 Å². The van der Waals surface area contributed by atoms with Gasteiger partial charge >= 0.3 is 0 Å². The van der Waals surface area contributed by atoms with Gasteiger partial charge in [-0.2, -0.15) is 0 Å². The Morgan fingerprint density at radius 3 is 2.70 bits per heavy atom. The molecule has 0 atom stereocenters. The average molecular weight is 271 g/mol. The highest BCUT2D eigenvalue weighted by Crippen LogP contribution is 2.21. The molecule has 0 aliphatic carbocycles. The van der Waals surface area contributed by atoms with Crippen LogP contribution in [0.5, 0.6) is 5.75 Å². The Bertz CT molecular complexity index is 637. The van der Waals surface area contributed by atoms with Crippen molar-refractivity contribution in [1.82, 2.24) is 5.32 Å². The lowest BCUT2D eigenvalue weighted by atomic mass is 10.0. The van der Waals surface area contributed by atoms with Gasteiger partial charge in [0.05, 0.1) is 6.42 Å². The molecular formula is C16H14FNO2. The number of hydrogen-bond acceptors (Lipinski definition) is 2. The smallest absolute Gasteiger partial charge is 0.224 e. The maximum atomic E-state index is 12.8. The van der Waals surface area contributed by atoms with E-state index >= 15 is 0 Å². The first kappa shape index (κ1) is 12.7. The van der Waals surface area contributed by atoms with Crippen molar-refractivity contribution in [2.24, 2.45) is 0 Å². The summed E-state index contributed by atoms with van der Waals surface area (Å²) < 4.78 is 18.5. The van der Waals surface area contributed by atoms with Gasteiger partial charge in [0, 0.05) is 6.54 Å². The molecule has 0 radical (unpaired) electrons. The number of ether oxygens (including phenoxy) is 1. The summed E-state index contributed by atoms with van der Waals surface area (Å²) in [5.74, 6) is 0.504. The van der Waals surface area contributed by atoms with Gasteiger partial charge in [-0.05, 0) is 41.0 Å². The van der Waals surface area contributed by atoms with Gasteiger partial charge in [-0.15, -0.1) is 0 Å². The van der Waals surface area contributed by atoms with Crippen LogP contribution in [0.3, 0.4) is 0 Å². The molecule has 0 spiro atoms. The highest BCUT2D eigenvalue weighted by atomic mass is 19.1. The molecule has 2 aromatic rings. The first-order valence-corrected chi connectivity index (χ1v) is 6.46. The maximum Gasteiger partial charge on any atom is 0.224 e. The summed E-state index contributed by atoms with van der Waals surface area (Å²) in [4.78, 5) is 11.4. The second-order valence-electron chi connectivity index (χ2n) is 4.80. The van der Waals surface area contributed by atoms with Crippen LogP contribution in [0.2, 0.25) is 0 Å². The molecule has 1 heterocycles. The summed E-state index contributed by atoms with van der Waals surface area (Å²) in [6.07, 6.45) is 0.392. The molecule has 3 nitrogen and oxygen atoms in total. The fraction of sp³-hybridized carbons (Fsp3) is 0.188. The molecule has 20 heavy (non-hydrogen) atoms. The summed E-state index contributed by atoms with van der Waals surface area (Å²) >= 11 is 0. The topological polar surface area (TPSA) is 38.3 Å². The van der Waals surface area contributed by atoms with E-state index < -0.39 is 0 Å². The first-order chi connectivity index (χ1) is 9.70. The van der Waals surface area contributed by atoms with Crippen LogP contribution in [-0.4, -0.2) is 5.91 Å². The number of nitrogens with one attached hydrogen (secondary N) is 1. The number of amides is 1. The lowest BCUT2D eigenvalue weighted by molar-refractivity contribution is -0.121. The minimum Gasteiger partial charge on any atom is -0.489 e. The van der Waals surface area contributed by atoms with Crippen molar-refractivity contribution in [3.63, 3.8) is 0 Å². The standard InChI is InChI=1S/C16H14FNO2/c17-14-4-1-11(2-5-14)10-20-15-6-3-12-9-18-16(19)8-13(12)7-15/h1-7H,8-10H2,(H,18,19). The second kappa shape index (κ2) is 5.33. The monoisotopic (exact) mass is 271 g/mol. The minimum atomic E-state index is -0.256. The van der Waals surface area contributed by atoms with Crippen LogP contribution in [0.15, 0.2) is 42.5 Å². The molecule has 102 valence electrons. The van der Waals surface area contributed by atoms with Gasteiger partial charge in [0.15, 0.2) is 0 Å². The fourth-order valence-corrected chi connectivity index (χ4v) is 2.21. The van der Waals surface area contributed by atoms with Crippen LogP contribution in [0, 0.1) is 5.82 Å². The quantitative estimate of drug-likeness (QED) is 0.931. The number of carbonyl (C=O) groups is 1. The van der Waals surface area contributed by atoms with Crippen molar-refractivity contribution in [2.75, 3.05) is 0 Å². The van der Waals surface area contributed by atoms with Crippen molar-refractivity contribution in [2.45, 2.75) is 19.6 Å². The fourth-order valence-electron chi connectivity index (χ4n) is 2.21. The largest absolute Gasteiger partial charge is 0.489 e. The van der Waals surface area contributed by atoms with Gasteiger partial charge in [-0.25, -0.2) is 4.39 Å². The van der Waals surface area contributed by atoms with Crippen LogP contribution >= 0.6 is 0 Å². The molecule has 3 rings (SSSR count). The molecule has 2 aromatic carbocycles. The number of fused-ring (bicyclic) bond motifs is 1. The van der Waals surface area contributed by atoms with Crippen molar-refractivity contribution >= 4 is 5.91 Å². The Balaban J connectivity index is 1.70. The Morgan fingerprint density at radius 2 is 1.90 bits per heavy atom. The number of rotatable bonds is 3. The predicted octanol–water partition coefficient (Wildman–Crippen LogP) is 2.58. The predicted molar refractivity (Wildman–Crippen MR) is 72.7 cm³/mol.